The molecule has 0 spiro atoms. The molecule has 0 atom stereocenters. The van der Waals surface area contributed by atoms with E-state index < -0.39 is 0 Å². The van der Waals surface area contributed by atoms with Crippen LogP contribution in [0.2, 0.25) is 0 Å². The van der Waals surface area contributed by atoms with Gasteiger partial charge in [-0.15, -0.1) is 0 Å². The summed E-state index contributed by atoms with van der Waals surface area (Å²) in [5, 5.41) is 5.00. The van der Waals surface area contributed by atoms with Gasteiger partial charge in [0.25, 0.3) is 0 Å². The summed E-state index contributed by atoms with van der Waals surface area (Å²) in [7, 11) is 0. The number of rotatable bonds is 5. The molecule has 0 amide bonds. The van der Waals surface area contributed by atoms with Gasteiger partial charge >= 0.3 is 0 Å². The Morgan fingerprint density at radius 2 is 0.700 bits per heavy atom. The molecule has 0 unspecified atom stereocenters. The third-order valence-electron chi connectivity index (χ3n) is 10.1. The van der Waals surface area contributed by atoms with E-state index in [4.69, 9.17) is 0 Å². The number of hydrogen-bond donors (Lipinski definition) is 0. The molecule has 10 rings (SSSR count). The normalized spacial score (nSPS) is 11.6. The van der Waals surface area contributed by atoms with Gasteiger partial charge in [-0.3, -0.25) is 0 Å². The van der Waals surface area contributed by atoms with Crippen molar-refractivity contribution in [2.75, 3.05) is 0 Å². The molecule has 0 aliphatic rings. The maximum atomic E-state index is 2.43. The van der Waals surface area contributed by atoms with Crippen molar-refractivity contribution in [3.63, 3.8) is 0 Å². The van der Waals surface area contributed by atoms with Gasteiger partial charge in [-0.2, -0.15) is 0 Å². The highest BCUT2D eigenvalue weighted by Crippen LogP contribution is 2.40. The maximum Gasteiger partial charge on any atom is 0.0541 e. The number of benzene rings is 8. The predicted molar refractivity (Wildman–Crippen MR) is 211 cm³/mol. The van der Waals surface area contributed by atoms with Gasteiger partial charge in [0.2, 0.25) is 0 Å². The highest BCUT2D eigenvalue weighted by molar-refractivity contribution is 6.13. The number of nitrogens with zero attached hydrogens (tertiary/aromatic N) is 2. The summed E-state index contributed by atoms with van der Waals surface area (Å²) in [5.74, 6) is 0. The van der Waals surface area contributed by atoms with E-state index in [0.717, 1.165) is 5.69 Å². The molecule has 0 aliphatic heterocycles. The van der Waals surface area contributed by atoms with E-state index in [9.17, 15) is 0 Å². The lowest BCUT2D eigenvalue weighted by molar-refractivity contribution is 1.18. The Morgan fingerprint density at radius 1 is 0.260 bits per heavy atom. The number of aromatic nitrogens is 2. The molecule has 8 aromatic carbocycles. The first-order chi connectivity index (χ1) is 24.8. The second-order valence-electron chi connectivity index (χ2n) is 13.0. The lowest BCUT2D eigenvalue weighted by Gasteiger charge is -2.14. The van der Waals surface area contributed by atoms with Crippen molar-refractivity contribution >= 4 is 43.6 Å². The number of fused-ring (bicyclic) bond motifs is 6. The third kappa shape index (κ3) is 4.50. The van der Waals surface area contributed by atoms with Crippen LogP contribution in [0.5, 0.6) is 0 Å². The lowest BCUT2D eigenvalue weighted by Crippen LogP contribution is -1.97. The fourth-order valence-electron chi connectivity index (χ4n) is 7.81. The van der Waals surface area contributed by atoms with Crippen molar-refractivity contribution in [3.8, 4) is 44.8 Å². The zero-order chi connectivity index (χ0) is 33.0. The van der Waals surface area contributed by atoms with Gasteiger partial charge in [-0.25, -0.2) is 0 Å². The lowest BCUT2D eigenvalue weighted by atomic mass is 9.99. The van der Waals surface area contributed by atoms with Crippen molar-refractivity contribution < 1.29 is 0 Å². The van der Waals surface area contributed by atoms with Gasteiger partial charge in [0.15, 0.2) is 0 Å². The average molecular weight is 637 g/mol. The summed E-state index contributed by atoms with van der Waals surface area (Å²) >= 11 is 0. The SMILES string of the molecule is c1ccc(-c2ccc3c(c2)c2cc(-c4ccc5c(c4)c4ccccc4n5-c4ccccc4-c4ccccc4)ccc2n3-c2ccccc2)cc1. The van der Waals surface area contributed by atoms with E-state index in [2.05, 4.69) is 203 Å². The minimum atomic E-state index is 1.16. The van der Waals surface area contributed by atoms with E-state index >= 15 is 0 Å². The molecule has 0 bridgehead atoms. The highest BCUT2D eigenvalue weighted by Gasteiger charge is 2.18. The molecule has 2 heterocycles. The third-order valence-corrected chi connectivity index (χ3v) is 10.1. The van der Waals surface area contributed by atoms with Crippen LogP contribution in [-0.2, 0) is 0 Å². The Hall–Kier alpha value is -6.64. The van der Waals surface area contributed by atoms with Crippen molar-refractivity contribution in [3.05, 3.63) is 194 Å². The summed E-state index contributed by atoms with van der Waals surface area (Å²) < 4.78 is 4.82. The molecule has 2 aromatic heterocycles. The smallest absolute Gasteiger partial charge is 0.0541 e. The Bertz CT molecular complexity index is 2840. The number of hydrogen-bond acceptors (Lipinski definition) is 0. The molecular weight excluding hydrogens is 605 g/mol. The molecule has 0 saturated heterocycles. The Labute approximate surface area is 290 Å². The van der Waals surface area contributed by atoms with Crippen LogP contribution in [0.4, 0.5) is 0 Å². The van der Waals surface area contributed by atoms with Crippen LogP contribution in [0.25, 0.3) is 88.4 Å². The minimum Gasteiger partial charge on any atom is -0.309 e. The summed E-state index contributed by atoms with van der Waals surface area (Å²) in [5.41, 5.74) is 14.5. The van der Waals surface area contributed by atoms with Crippen LogP contribution >= 0.6 is 0 Å². The van der Waals surface area contributed by atoms with Crippen molar-refractivity contribution in [2.24, 2.45) is 0 Å². The molecule has 0 N–H and O–H groups in total. The Kier molecular flexibility index (Phi) is 6.53. The standard InChI is InChI=1S/C48H32N2/c1-4-14-33(15-5-1)35-24-27-46-42(30-35)43-32-37(25-28-47(43)49(46)38-18-8-3-9-19-38)36-26-29-48-41(31-36)40-21-11-13-23-45(40)50(48)44-22-12-10-20-39(44)34-16-6-2-7-17-34/h1-32H. The molecular formula is C48H32N2. The molecule has 2 nitrogen and oxygen atoms in total. The second kappa shape index (κ2) is 11.5. The molecule has 0 fully saturated rings. The highest BCUT2D eigenvalue weighted by atomic mass is 15.0. The molecule has 10 aromatic rings. The fraction of sp³-hybridized carbons (Fsp3) is 0. The predicted octanol–water partition coefficient (Wildman–Crippen LogP) is 12.9. The monoisotopic (exact) mass is 636 g/mol. The largest absolute Gasteiger partial charge is 0.309 e. The van der Waals surface area contributed by atoms with E-state index in [-0.39, 0.29) is 0 Å². The van der Waals surface area contributed by atoms with Crippen LogP contribution in [0.1, 0.15) is 0 Å². The minimum absolute atomic E-state index is 1.16. The van der Waals surface area contributed by atoms with Gasteiger partial charge in [-0.1, -0.05) is 133 Å². The van der Waals surface area contributed by atoms with E-state index in [1.54, 1.807) is 0 Å². The first-order valence-corrected chi connectivity index (χ1v) is 17.2. The topological polar surface area (TPSA) is 9.86 Å². The molecule has 2 heteroatoms. The van der Waals surface area contributed by atoms with E-state index in [1.807, 2.05) is 0 Å². The maximum absolute atomic E-state index is 2.43. The average Bonchev–Trinajstić information content (AvgIpc) is 3.70. The summed E-state index contributed by atoms with van der Waals surface area (Å²) in [4.78, 5) is 0. The van der Waals surface area contributed by atoms with E-state index in [1.165, 1.54) is 82.7 Å². The quantitative estimate of drug-likeness (QED) is 0.178. The molecule has 234 valence electrons. The van der Waals surface area contributed by atoms with E-state index in [0.29, 0.717) is 0 Å². The summed E-state index contributed by atoms with van der Waals surface area (Å²) in [6.45, 7) is 0. The molecule has 0 radical (unpaired) electrons. The molecule has 0 aliphatic carbocycles. The van der Waals surface area contributed by atoms with Crippen LogP contribution in [-0.4, -0.2) is 9.13 Å². The fourth-order valence-corrected chi connectivity index (χ4v) is 7.81. The van der Waals surface area contributed by atoms with Crippen LogP contribution in [0, 0.1) is 0 Å². The van der Waals surface area contributed by atoms with Crippen LogP contribution in [0.15, 0.2) is 194 Å². The number of para-hydroxylation sites is 3. The molecule has 50 heavy (non-hydrogen) atoms. The second-order valence-corrected chi connectivity index (χ2v) is 13.0. The van der Waals surface area contributed by atoms with Crippen molar-refractivity contribution in [1.29, 1.82) is 0 Å². The Morgan fingerprint density at radius 3 is 1.34 bits per heavy atom. The van der Waals surface area contributed by atoms with Gasteiger partial charge in [0.1, 0.15) is 0 Å². The van der Waals surface area contributed by atoms with Crippen molar-refractivity contribution in [2.45, 2.75) is 0 Å². The first kappa shape index (κ1) is 28.4. The van der Waals surface area contributed by atoms with Gasteiger partial charge in [-0.05, 0) is 88.5 Å². The summed E-state index contributed by atoms with van der Waals surface area (Å²) in [6, 6.07) is 70.4. The van der Waals surface area contributed by atoms with Crippen LogP contribution < -0.4 is 0 Å². The molecule has 0 saturated carbocycles. The zero-order valence-electron chi connectivity index (χ0n) is 27.4. The van der Waals surface area contributed by atoms with Gasteiger partial charge < -0.3 is 9.13 Å². The Balaban J connectivity index is 1.18. The van der Waals surface area contributed by atoms with Crippen LogP contribution in [0.3, 0.4) is 0 Å². The van der Waals surface area contributed by atoms with Gasteiger partial charge in [0.05, 0.1) is 27.8 Å². The van der Waals surface area contributed by atoms with Crippen molar-refractivity contribution in [1.82, 2.24) is 9.13 Å². The summed E-state index contributed by atoms with van der Waals surface area (Å²) in [6.07, 6.45) is 0. The first-order valence-electron chi connectivity index (χ1n) is 17.2. The van der Waals surface area contributed by atoms with Gasteiger partial charge in [0, 0.05) is 32.8 Å². The zero-order valence-corrected chi connectivity index (χ0v) is 27.4.